The molecule has 0 N–H and O–H groups in total. The molecular weight excluding hydrogens is 214 g/mol. The molecule has 0 fully saturated rings. The Labute approximate surface area is 100 Å². The minimum Gasteiger partial charge on any atom is -0.441 e. The van der Waals surface area contributed by atoms with Crippen LogP contribution in [0.15, 0.2) is 22.6 Å². The van der Waals surface area contributed by atoms with Gasteiger partial charge < -0.3 is 9.32 Å². The smallest absolute Gasteiger partial charge is 0.192 e. The molecule has 0 unspecified atom stereocenters. The highest BCUT2D eigenvalue weighted by atomic mass is 16.3. The van der Waals surface area contributed by atoms with Gasteiger partial charge in [0.1, 0.15) is 5.52 Å². The molecule has 0 spiro atoms. The second-order valence-corrected chi connectivity index (χ2v) is 4.18. The minimum absolute atomic E-state index is 0.557. The summed E-state index contributed by atoms with van der Waals surface area (Å²) in [5.41, 5.74) is 2.91. The summed E-state index contributed by atoms with van der Waals surface area (Å²) in [4.78, 5) is 6.43. The van der Waals surface area contributed by atoms with Crippen molar-refractivity contribution in [1.82, 2.24) is 9.88 Å². The van der Waals surface area contributed by atoms with E-state index in [-0.39, 0.29) is 0 Å². The highest BCUT2D eigenvalue weighted by molar-refractivity contribution is 5.73. The molecule has 1 heterocycles. The number of aryl methyl sites for hydroxylation is 1. The van der Waals surface area contributed by atoms with Gasteiger partial charge in [-0.1, -0.05) is 6.07 Å². The third-order valence-corrected chi connectivity index (χ3v) is 2.62. The van der Waals surface area contributed by atoms with Gasteiger partial charge in [-0.2, -0.15) is 5.26 Å². The van der Waals surface area contributed by atoms with E-state index in [1.807, 2.05) is 32.2 Å². The normalized spacial score (nSPS) is 10.9. The molecule has 0 bridgehead atoms. The Kier molecular flexibility index (Phi) is 3.40. The van der Waals surface area contributed by atoms with Crippen LogP contribution in [0.25, 0.3) is 11.1 Å². The number of oxazole rings is 1. The quantitative estimate of drug-likeness (QED) is 0.808. The average Bonchev–Trinajstić information content (AvgIpc) is 2.65. The zero-order chi connectivity index (χ0) is 12.3. The SMILES string of the molecule is Cc1nc2cc(CN(C)CCC#N)ccc2o1. The van der Waals surface area contributed by atoms with Gasteiger partial charge in [0.05, 0.1) is 6.07 Å². The summed E-state index contributed by atoms with van der Waals surface area (Å²) in [7, 11) is 2.01. The fourth-order valence-electron chi connectivity index (χ4n) is 1.82. The van der Waals surface area contributed by atoms with Gasteiger partial charge in [-0.3, -0.25) is 0 Å². The van der Waals surface area contributed by atoms with Crippen molar-refractivity contribution in [2.45, 2.75) is 19.9 Å². The van der Waals surface area contributed by atoms with E-state index in [1.165, 1.54) is 5.56 Å². The summed E-state index contributed by atoms with van der Waals surface area (Å²) in [6.45, 7) is 3.45. The molecule has 0 atom stereocenters. The molecular formula is C13H15N3O. The molecule has 88 valence electrons. The number of nitriles is 1. The second-order valence-electron chi connectivity index (χ2n) is 4.18. The number of aromatic nitrogens is 1. The standard InChI is InChI=1S/C13H15N3O/c1-10-15-12-8-11(4-5-13(12)17-10)9-16(2)7-3-6-14/h4-5,8H,3,7,9H2,1-2H3. The maximum absolute atomic E-state index is 8.53. The van der Waals surface area contributed by atoms with Crippen LogP contribution in [0.2, 0.25) is 0 Å². The Bertz CT molecular complexity index is 553. The third-order valence-electron chi connectivity index (χ3n) is 2.62. The van der Waals surface area contributed by atoms with E-state index >= 15 is 0 Å². The van der Waals surface area contributed by atoms with Gasteiger partial charge >= 0.3 is 0 Å². The van der Waals surface area contributed by atoms with Crippen molar-refractivity contribution in [2.24, 2.45) is 0 Å². The van der Waals surface area contributed by atoms with Crippen molar-refractivity contribution in [1.29, 1.82) is 5.26 Å². The van der Waals surface area contributed by atoms with E-state index < -0.39 is 0 Å². The summed E-state index contributed by atoms with van der Waals surface area (Å²) in [5.74, 6) is 0.690. The van der Waals surface area contributed by atoms with Crippen LogP contribution in [0, 0.1) is 18.3 Å². The van der Waals surface area contributed by atoms with Crippen molar-refractivity contribution in [3.05, 3.63) is 29.7 Å². The molecule has 0 radical (unpaired) electrons. The van der Waals surface area contributed by atoms with E-state index in [1.54, 1.807) is 0 Å². The Morgan fingerprint density at radius 3 is 3.06 bits per heavy atom. The van der Waals surface area contributed by atoms with Crippen LogP contribution in [0.3, 0.4) is 0 Å². The highest BCUT2D eigenvalue weighted by Gasteiger charge is 2.05. The molecule has 0 saturated carbocycles. The summed E-state index contributed by atoms with van der Waals surface area (Å²) >= 11 is 0. The van der Waals surface area contributed by atoms with Crippen molar-refractivity contribution in [3.8, 4) is 6.07 Å². The molecule has 0 aliphatic rings. The van der Waals surface area contributed by atoms with Crippen LogP contribution >= 0.6 is 0 Å². The molecule has 0 saturated heterocycles. The Hall–Kier alpha value is -1.86. The first-order valence-electron chi connectivity index (χ1n) is 5.60. The molecule has 0 aliphatic heterocycles. The van der Waals surface area contributed by atoms with Gasteiger partial charge in [-0.25, -0.2) is 4.98 Å². The minimum atomic E-state index is 0.557. The largest absolute Gasteiger partial charge is 0.441 e. The zero-order valence-corrected chi connectivity index (χ0v) is 10.1. The molecule has 17 heavy (non-hydrogen) atoms. The molecule has 1 aromatic carbocycles. The predicted octanol–water partition coefficient (Wildman–Crippen LogP) is 2.48. The van der Waals surface area contributed by atoms with Crippen LogP contribution in [0.5, 0.6) is 0 Å². The fourth-order valence-corrected chi connectivity index (χ4v) is 1.82. The number of hydrogen-bond donors (Lipinski definition) is 0. The summed E-state index contributed by atoms with van der Waals surface area (Å²) in [5, 5.41) is 8.53. The van der Waals surface area contributed by atoms with Gasteiger partial charge in [0.25, 0.3) is 0 Å². The van der Waals surface area contributed by atoms with Gasteiger partial charge in [0, 0.05) is 26.4 Å². The maximum Gasteiger partial charge on any atom is 0.192 e. The lowest BCUT2D eigenvalue weighted by molar-refractivity contribution is 0.335. The van der Waals surface area contributed by atoms with Crippen LogP contribution in [0.4, 0.5) is 0 Å². The monoisotopic (exact) mass is 229 g/mol. The average molecular weight is 229 g/mol. The Balaban J connectivity index is 2.11. The maximum atomic E-state index is 8.53. The lowest BCUT2D eigenvalue weighted by Gasteiger charge is -2.14. The first kappa shape index (κ1) is 11.6. The van der Waals surface area contributed by atoms with Crippen LogP contribution < -0.4 is 0 Å². The van der Waals surface area contributed by atoms with Crippen molar-refractivity contribution in [3.63, 3.8) is 0 Å². The Morgan fingerprint density at radius 1 is 1.47 bits per heavy atom. The molecule has 1 aromatic heterocycles. The van der Waals surface area contributed by atoms with Gasteiger partial charge in [-0.15, -0.1) is 0 Å². The first-order valence-corrected chi connectivity index (χ1v) is 5.60. The topological polar surface area (TPSA) is 53.1 Å². The summed E-state index contributed by atoms with van der Waals surface area (Å²) < 4.78 is 5.42. The molecule has 4 nitrogen and oxygen atoms in total. The van der Waals surface area contributed by atoms with Crippen LogP contribution in [0.1, 0.15) is 17.9 Å². The van der Waals surface area contributed by atoms with E-state index in [4.69, 9.17) is 9.68 Å². The van der Waals surface area contributed by atoms with Crippen molar-refractivity contribution < 1.29 is 4.42 Å². The zero-order valence-electron chi connectivity index (χ0n) is 10.1. The van der Waals surface area contributed by atoms with Gasteiger partial charge in [0.15, 0.2) is 11.5 Å². The van der Waals surface area contributed by atoms with E-state index in [0.717, 1.165) is 24.2 Å². The van der Waals surface area contributed by atoms with E-state index in [2.05, 4.69) is 16.0 Å². The lowest BCUT2D eigenvalue weighted by atomic mass is 10.2. The summed E-state index contributed by atoms with van der Waals surface area (Å²) in [6, 6.07) is 8.17. The van der Waals surface area contributed by atoms with Gasteiger partial charge in [0.2, 0.25) is 0 Å². The van der Waals surface area contributed by atoms with Crippen LogP contribution in [-0.4, -0.2) is 23.5 Å². The van der Waals surface area contributed by atoms with E-state index in [0.29, 0.717) is 12.3 Å². The van der Waals surface area contributed by atoms with Crippen LogP contribution in [-0.2, 0) is 6.54 Å². The Morgan fingerprint density at radius 2 is 2.29 bits per heavy atom. The van der Waals surface area contributed by atoms with E-state index in [9.17, 15) is 0 Å². The van der Waals surface area contributed by atoms with Crippen molar-refractivity contribution >= 4 is 11.1 Å². The van der Waals surface area contributed by atoms with Gasteiger partial charge in [-0.05, 0) is 24.7 Å². The molecule has 2 rings (SSSR count). The predicted molar refractivity (Wildman–Crippen MR) is 65.3 cm³/mol. The van der Waals surface area contributed by atoms with Crippen molar-refractivity contribution in [2.75, 3.05) is 13.6 Å². The number of fused-ring (bicyclic) bond motifs is 1. The highest BCUT2D eigenvalue weighted by Crippen LogP contribution is 2.17. The fraction of sp³-hybridized carbons (Fsp3) is 0.385. The first-order chi connectivity index (χ1) is 8.19. The lowest BCUT2D eigenvalue weighted by Crippen LogP contribution is -2.18. The second kappa shape index (κ2) is 4.98. The third kappa shape index (κ3) is 2.83. The molecule has 2 aromatic rings. The number of benzene rings is 1. The number of rotatable bonds is 4. The molecule has 4 heteroatoms. The number of nitrogens with zero attached hydrogens (tertiary/aromatic N) is 3. The summed E-state index contributed by atoms with van der Waals surface area (Å²) in [6.07, 6.45) is 0.557. The molecule has 0 aliphatic carbocycles. The molecule has 0 amide bonds. The number of hydrogen-bond acceptors (Lipinski definition) is 4.